The minimum Gasteiger partial charge on any atom is -0.310 e. The molecular formula is C41H29N3. The second-order valence-corrected chi connectivity index (χ2v) is 11.6. The van der Waals surface area contributed by atoms with Crippen LogP contribution >= 0.6 is 0 Å². The van der Waals surface area contributed by atoms with Crippen molar-refractivity contribution in [1.29, 1.82) is 0 Å². The largest absolute Gasteiger partial charge is 0.310 e. The molecule has 8 aromatic rings. The lowest BCUT2D eigenvalue weighted by Crippen LogP contribution is -2.00. The molecule has 3 heteroatoms. The van der Waals surface area contributed by atoms with E-state index in [4.69, 9.17) is 4.98 Å². The molecule has 0 atom stereocenters. The first kappa shape index (κ1) is 24.9. The highest BCUT2D eigenvalue weighted by Gasteiger charge is 2.17. The average Bonchev–Trinajstić information content (AvgIpc) is 3.62. The molecule has 0 spiro atoms. The minimum atomic E-state index is 0.993. The molecule has 0 aliphatic heterocycles. The number of pyridine rings is 1. The van der Waals surface area contributed by atoms with Crippen LogP contribution < -0.4 is 0 Å². The Morgan fingerprint density at radius 1 is 0.477 bits per heavy atom. The summed E-state index contributed by atoms with van der Waals surface area (Å²) in [4.78, 5) is 4.74. The molecule has 0 saturated heterocycles. The molecule has 44 heavy (non-hydrogen) atoms. The Kier molecular flexibility index (Phi) is 5.63. The van der Waals surface area contributed by atoms with E-state index in [1.807, 2.05) is 12.4 Å². The van der Waals surface area contributed by atoms with Crippen molar-refractivity contribution in [2.75, 3.05) is 0 Å². The Bertz CT molecular complexity index is 2340. The van der Waals surface area contributed by atoms with Crippen molar-refractivity contribution in [3.63, 3.8) is 0 Å². The van der Waals surface area contributed by atoms with Crippen molar-refractivity contribution >= 4 is 54.9 Å². The van der Waals surface area contributed by atoms with Gasteiger partial charge in [-0.2, -0.15) is 0 Å². The van der Waals surface area contributed by atoms with Gasteiger partial charge in [-0.15, -0.1) is 0 Å². The molecule has 3 aromatic heterocycles. The van der Waals surface area contributed by atoms with Gasteiger partial charge < -0.3 is 9.13 Å². The molecule has 1 aliphatic rings. The predicted octanol–water partition coefficient (Wildman–Crippen LogP) is 10.7. The van der Waals surface area contributed by atoms with E-state index < -0.39 is 0 Å². The molecule has 0 fully saturated rings. The van der Waals surface area contributed by atoms with Gasteiger partial charge in [-0.05, 0) is 78.1 Å². The van der Waals surface area contributed by atoms with Gasteiger partial charge in [0.2, 0.25) is 0 Å². The molecule has 3 heterocycles. The highest BCUT2D eigenvalue weighted by atomic mass is 15.0. The van der Waals surface area contributed by atoms with Crippen molar-refractivity contribution in [1.82, 2.24) is 14.1 Å². The van der Waals surface area contributed by atoms with Crippen LogP contribution in [0.4, 0.5) is 0 Å². The number of benzene rings is 5. The zero-order chi connectivity index (χ0) is 29.0. The lowest BCUT2D eigenvalue weighted by molar-refractivity contribution is 1.03. The van der Waals surface area contributed by atoms with Crippen molar-refractivity contribution in [3.05, 3.63) is 158 Å². The van der Waals surface area contributed by atoms with Crippen LogP contribution in [0.15, 0.2) is 152 Å². The fraction of sp³-hybridized carbons (Fsp3) is 0.0488. The monoisotopic (exact) mass is 563 g/mol. The number of rotatable bonds is 4. The lowest BCUT2D eigenvalue weighted by Gasteiger charge is -2.17. The molecule has 0 radical (unpaired) electrons. The van der Waals surface area contributed by atoms with Gasteiger partial charge in [0.1, 0.15) is 0 Å². The van der Waals surface area contributed by atoms with E-state index in [2.05, 4.69) is 149 Å². The van der Waals surface area contributed by atoms with E-state index in [1.165, 1.54) is 60.4 Å². The fourth-order valence-electron chi connectivity index (χ4n) is 7.07. The number of hydrogen-bond acceptors (Lipinski definition) is 1. The normalized spacial score (nSPS) is 13.5. The molecular weight excluding hydrogens is 534 g/mol. The number of fused-ring (bicyclic) bond motifs is 6. The van der Waals surface area contributed by atoms with E-state index >= 15 is 0 Å². The van der Waals surface area contributed by atoms with Crippen molar-refractivity contribution < 1.29 is 0 Å². The van der Waals surface area contributed by atoms with Crippen molar-refractivity contribution in [2.24, 2.45) is 0 Å². The van der Waals surface area contributed by atoms with Gasteiger partial charge in [0.25, 0.3) is 0 Å². The van der Waals surface area contributed by atoms with Crippen LogP contribution in [-0.2, 0) is 0 Å². The van der Waals surface area contributed by atoms with Gasteiger partial charge in [0, 0.05) is 50.9 Å². The first-order valence-corrected chi connectivity index (χ1v) is 15.3. The third-order valence-electron chi connectivity index (χ3n) is 9.05. The van der Waals surface area contributed by atoms with Crippen LogP contribution in [0.1, 0.15) is 18.4 Å². The maximum absolute atomic E-state index is 4.74. The quantitative estimate of drug-likeness (QED) is 0.209. The van der Waals surface area contributed by atoms with Crippen LogP contribution in [0.2, 0.25) is 0 Å². The lowest BCUT2D eigenvalue weighted by atomic mass is 9.95. The molecule has 0 amide bonds. The van der Waals surface area contributed by atoms with Crippen molar-refractivity contribution in [3.8, 4) is 16.8 Å². The van der Waals surface area contributed by atoms with Gasteiger partial charge in [0.05, 0.1) is 22.1 Å². The van der Waals surface area contributed by atoms with Crippen LogP contribution in [0, 0.1) is 0 Å². The summed E-state index contributed by atoms with van der Waals surface area (Å²) >= 11 is 0. The molecule has 5 aromatic carbocycles. The Labute approximate surface area is 255 Å². The zero-order valence-corrected chi connectivity index (χ0v) is 24.2. The molecule has 0 unspecified atom stereocenters. The average molecular weight is 564 g/mol. The maximum Gasteiger partial charge on any atom is 0.0541 e. The Hall–Kier alpha value is -5.67. The molecule has 0 N–H and O–H groups in total. The molecule has 9 rings (SSSR count). The number of nitrogens with zero attached hydrogens (tertiary/aromatic N) is 3. The topological polar surface area (TPSA) is 22.8 Å². The molecule has 0 saturated carbocycles. The van der Waals surface area contributed by atoms with E-state index in [1.54, 1.807) is 0 Å². The minimum absolute atomic E-state index is 0.993. The number of allylic oxidation sites excluding steroid dienone is 4. The standard InChI is InChI=1S/C41H29N3/c1-5-19-38-34(15-1)35-16-2-6-20-39(35)43(38)32-13-9-11-28(24-32)30-23-31(27-42-26-30)29-12-10-14-33(25-29)44-40-21-7-3-17-36(40)37-18-4-8-22-41(37)44/h1-9,11,13-27H,10,12H2. The number of para-hydroxylation sites is 4. The fourth-order valence-corrected chi connectivity index (χ4v) is 7.07. The summed E-state index contributed by atoms with van der Waals surface area (Å²) in [5.74, 6) is 0. The van der Waals surface area contributed by atoms with E-state index in [0.717, 1.165) is 29.7 Å². The van der Waals surface area contributed by atoms with E-state index in [0.29, 0.717) is 0 Å². The first-order valence-electron chi connectivity index (χ1n) is 15.3. The first-order chi connectivity index (χ1) is 21.8. The molecule has 3 nitrogen and oxygen atoms in total. The molecule has 208 valence electrons. The predicted molar refractivity (Wildman–Crippen MR) is 185 cm³/mol. The summed E-state index contributed by atoms with van der Waals surface area (Å²) in [6, 6.07) is 45.9. The Morgan fingerprint density at radius 2 is 1.02 bits per heavy atom. The second kappa shape index (κ2) is 9.96. The highest BCUT2D eigenvalue weighted by molar-refractivity contribution is 6.11. The third-order valence-corrected chi connectivity index (χ3v) is 9.05. The number of aromatic nitrogens is 3. The second-order valence-electron chi connectivity index (χ2n) is 11.6. The summed E-state index contributed by atoms with van der Waals surface area (Å²) in [5.41, 5.74) is 12.1. The van der Waals surface area contributed by atoms with Crippen LogP contribution in [0.5, 0.6) is 0 Å². The highest BCUT2D eigenvalue weighted by Crippen LogP contribution is 2.37. The van der Waals surface area contributed by atoms with Crippen LogP contribution in [0.3, 0.4) is 0 Å². The van der Waals surface area contributed by atoms with Crippen LogP contribution in [-0.4, -0.2) is 14.1 Å². The van der Waals surface area contributed by atoms with Gasteiger partial charge in [0.15, 0.2) is 0 Å². The van der Waals surface area contributed by atoms with E-state index in [-0.39, 0.29) is 0 Å². The van der Waals surface area contributed by atoms with Crippen LogP contribution in [0.25, 0.3) is 71.7 Å². The van der Waals surface area contributed by atoms with Gasteiger partial charge in [-0.3, -0.25) is 4.98 Å². The van der Waals surface area contributed by atoms with Gasteiger partial charge >= 0.3 is 0 Å². The molecule has 1 aliphatic carbocycles. The summed E-state index contributed by atoms with van der Waals surface area (Å²) in [7, 11) is 0. The summed E-state index contributed by atoms with van der Waals surface area (Å²) in [6.45, 7) is 0. The SMILES string of the molecule is C1=C(c2cncc(-c3cccc(-n4c5ccccc5c5ccccc54)c3)c2)CCC=C1n1c2ccccc2c2ccccc21. The Morgan fingerprint density at radius 3 is 1.64 bits per heavy atom. The summed E-state index contributed by atoms with van der Waals surface area (Å²) in [6.07, 6.45) is 10.7. The van der Waals surface area contributed by atoms with Gasteiger partial charge in [-0.25, -0.2) is 0 Å². The molecule has 0 bridgehead atoms. The zero-order valence-electron chi connectivity index (χ0n) is 24.2. The third kappa shape index (κ3) is 3.86. The Balaban J connectivity index is 1.13. The van der Waals surface area contributed by atoms with E-state index in [9.17, 15) is 0 Å². The summed E-state index contributed by atoms with van der Waals surface area (Å²) in [5, 5.41) is 5.12. The number of hydrogen-bond donors (Lipinski definition) is 0. The smallest absolute Gasteiger partial charge is 0.0541 e. The van der Waals surface area contributed by atoms with Crippen molar-refractivity contribution in [2.45, 2.75) is 12.8 Å². The van der Waals surface area contributed by atoms with Gasteiger partial charge in [-0.1, -0.05) is 91.0 Å². The maximum atomic E-state index is 4.74. The summed E-state index contributed by atoms with van der Waals surface area (Å²) < 4.78 is 4.79.